The van der Waals surface area contributed by atoms with E-state index in [0.29, 0.717) is 22.5 Å². The van der Waals surface area contributed by atoms with Gasteiger partial charge in [-0.05, 0) is 36.5 Å². The van der Waals surface area contributed by atoms with Gasteiger partial charge in [-0.3, -0.25) is 14.4 Å². The van der Waals surface area contributed by atoms with Crippen LogP contribution >= 0.6 is 47.0 Å². The van der Waals surface area contributed by atoms with Crippen molar-refractivity contribution < 1.29 is 14.4 Å². The molecular formula is C19H15Cl3N4O3S. The third-order valence-electron chi connectivity index (χ3n) is 4.14. The number of halogens is 3. The fourth-order valence-corrected chi connectivity index (χ4v) is 3.43. The van der Waals surface area contributed by atoms with Crippen molar-refractivity contribution in [2.75, 3.05) is 10.2 Å². The predicted octanol–water partition coefficient (Wildman–Crippen LogP) is 3.61. The van der Waals surface area contributed by atoms with Gasteiger partial charge in [0.15, 0.2) is 5.11 Å². The highest BCUT2D eigenvalue weighted by atomic mass is 35.6. The molecule has 0 spiro atoms. The minimum atomic E-state index is -1.89. The number of carbonyl (C=O) groups excluding carboxylic acids is 3. The maximum atomic E-state index is 12.8. The van der Waals surface area contributed by atoms with E-state index in [1.54, 1.807) is 48.5 Å². The molecule has 0 aliphatic carbocycles. The van der Waals surface area contributed by atoms with Crippen LogP contribution in [-0.4, -0.2) is 32.8 Å². The quantitative estimate of drug-likeness (QED) is 0.265. The van der Waals surface area contributed by atoms with Crippen molar-refractivity contribution in [3.05, 3.63) is 59.7 Å². The molecule has 2 aromatic rings. The summed E-state index contributed by atoms with van der Waals surface area (Å²) < 4.78 is -1.89. The molecule has 0 saturated carbocycles. The van der Waals surface area contributed by atoms with Crippen molar-refractivity contribution in [2.45, 2.75) is 16.9 Å². The summed E-state index contributed by atoms with van der Waals surface area (Å²) in [5.74, 6) is -1.32. The third-order valence-corrected chi connectivity index (χ3v) is 5.01. The highest BCUT2D eigenvalue weighted by molar-refractivity contribution is 7.80. The Hall–Kier alpha value is -2.39. The molecule has 1 atom stereocenters. The molecule has 30 heavy (non-hydrogen) atoms. The number of anilines is 2. The fraction of sp³-hybridized carbons (Fsp3) is 0.158. The molecule has 1 aliphatic heterocycles. The first-order valence-electron chi connectivity index (χ1n) is 8.57. The minimum absolute atomic E-state index is 0.00383. The van der Waals surface area contributed by atoms with E-state index in [1.165, 1.54) is 6.92 Å². The maximum absolute atomic E-state index is 12.8. The normalized spacial score (nSPS) is 14.2. The van der Waals surface area contributed by atoms with Gasteiger partial charge >= 0.3 is 0 Å². The number of para-hydroxylation sites is 2. The van der Waals surface area contributed by atoms with E-state index in [9.17, 15) is 14.4 Å². The molecule has 3 amide bonds. The van der Waals surface area contributed by atoms with E-state index in [0.717, 1.165) is 4.90 Å². The summed E-state index contributed by atoms with van der Waals surface area (Å²) >= 11 is 22.9. The first-order valence-corrected chi connectivity index (χ1v) is 10.1. The van der Waals surface area contributed by atoms with E-state index in [4.69, 9.17) is 47.0 Å². The van der Waals surface area contributed by atoms with Crippen LogP contribution < -0.4 is 20.9 Å². The summed E-state index contributed by atoms with van der Waals surface area (Å²) in [4.78, 5) is 38.1. The van der Waals surface area contributed by atoms with E-state index >= 15 is 0 Å². The van der Waals surface area contributed by atoms with Crippen LogP contribution in [0, 0.1) is 0 Å². The van der Waals surface area contributed by atoms with Gasteiger partial charge in [-0.25, -0.2) is 4.90 Å². The molecule has 0 fully saturated rings. The molecule has 2 aromatic carbocycles. The molecule has 1 heterocycles. The average molecular weight is 486 g/mol. The summed E-state index contributed by atoms with van der Waals surface area (Å²) in [6, 6.07) is 13.2. The number of benzene rings is 2. The molecule has 0 radical (unpaired) electrons. The lowest BCUT2D eigenvalue weighted by Gasteiger charge is -2.28. The third kappa shape index (κ3) is 4.67. The van der Waals surface area contributed by atoms with Crippen LogP contribution in [0.5, 0.6) is 0 Å². The van der Waals surface area contributed by atoms with Gasteiger partial charge in [0.2, 0.25) is 9.70 Å². The summed E-state index contributed by atoms with van der Waals surface area (Å²) in [5, 5.41) is 8.02. The van der Waals surface area contributed by atoms with Crippen LogP contribution in [0.15, 0.2) is 48.5 Å². The first kappa shape index (κ1) is 22.3. The molecule has 156 valence electrons. The van der Waals surface area contributed by atoms with Crippen LogP contribution in [0.1, 0.15) is 27.6 Å². The van der Waals surface area contributed by atoms with Crippen molar-refractivity contribution in [1.82, 2.24) is 10.6 Å². The van der Waals surface area contributed by atoms with Gasteiger partial charge in [0.25, 0.3) is 11.8 Å². The number of nitrogens with one attached hydrogen (secondary N) is 3. The molecule has 0 unspecified atom stereocenters. The lowest BCUT2D eigenvalue weighted by atomic mass is 10.1. The molecule has 3 N–H and O–H groups in total. The van der Waals surface area contributed by atoms with Crippen molar-refractivity contribution in [3.63, 3.8) is 0 Å². The Labute approximate surface area is 192 Å². The van der Waals surface area contributed by atoms with Crippen LogP contribution in [0.25, 0.3) is 0 Å². The molecule has 1 aliphatic rings. The Bertz CT molecular complexity index is 1010. The van der Waals surface area contributed by atoms with Gasteiger partial charge in [0.1, 0.15) is 6.17 Å². The number of carbonyl (C=O) groups is 3. The number of thiocarbonyl (C=S) groups is 1. The summed E-state index contributed by atoms with van der Waals surface area (Å²) in [5.41, 5.74) is 1.31. The Morgan fingerprint density at radius 1 is 0.967 bits per heavy atom. The minimum Gasteiger partial charge on any atom is -0.339 e. The number of rotatable bonds is 4. The Morgan fingerprint density at radius 3 is 2.03 bits per heavy atom. The largest absolute Gasteiger partial charge is 0.339 e. The average Bonchev–Trinajstić information content (AvgIpc) is 2.92. The van der Waals surface area contributed by atoms with Crippen LogP contribution in [0.2, 0.25) is 0 Å². The molecule has 11 heteroatoms. The monoisotopic (exact) mass is 484 g/mol. The van der Waals surface area contributed by atoms with Gasteiger partial charge in [-0.1, -0.05) is 59.1 Å². The second-order valence-corrected chi connectivity index (χ2v) is 9.06. The van der Waals surface area contributed by atoms with Gasteiger partial charge in [-0.2, -0.15) is 0 Å². The Balaban J connectivity index is 1.85. The standard InChI is InChI=1S/C19H15Cl3N4O3S/c1-10(27)23-17(19(20,21)22)25-18(30)24-13-8-4-5-9-14(13)26-15(28)11-6-2-3-7-12(11)16(26)29/h2-9,17H,1H3,(H,23,27)(H2,24,25,30)/t17-/m0/s1. The molecule has 3 rings (SSSR count). The zero-order valence-corrected chi connectivity index (χ0v) is 18.5. The topological polar surface area (TPSA) is 90.5 Å². The van der Waals surface area contributed by atoms with Crippen molar-refractivity contribution in [1.29, 1.82) is 0 Å². The Kier molecular flexibility index (Phi) is 6.52. The maximum Gasteiger partial charge on any atom is 0.266 e. The fourth-order valence-electron chi connectivity index (χ4n) is 2.87. The zero-order chi connectivity index (χ0) is 22.1. The molecular weight excluding hydrogens is 471 g/mol. The molecule has 0 aromatic heterocycles. The number of alkyl halides is 3. The first-order chi connectivity index (χ1) is 14.1. The number of imide groups is 1. The lowest BCUT2D eigenvalue weighted by molar-refractivity contribution is -0.119. The number of nitrogens with zero attached hydrogens (tertiary/aromatic N) is 1. The lowest BCUT2D eigenvalue weighted by Crippen LogP contribution is -2.55. The highest BCUT2D eigenvalue weighted by Crippen LogP contribution is 2.33. The van der Waals surface area contributed by atoms with E-state index in [1.807, 2.05) is 0 Å². The molecule has 0 saturated heterocycles. The van der Waals surface area contributed by atoms with Gasteiger partial charge in [-0.15, -0.1) is 0 Å². The number of fused-ring (bicyclic) bond motifs is 1. The summed E-state index contributed by atoms with van der Waals surface area (Å²) in [6.07, 6.45) is -1.12. The second kappa shape index (κ2) is 8.77. The van der Waals surface area contributed by atoms with Gasteiger partial charge < -0.3 is 16.0 Å². The van der Waals surface area contributed by atoms with Crippen molar-refractivity contribution in [2.24, 2.45) is 0 Å². The predicted molar refractivity (Wildman–Crippen MR) is 121 cm³/mol. The van der Waals surface area contributed by atoms with Crippen LogP contribution in [0.4, 0.5) is 11.4 Å². The van der Waals surface area contributed by atoms with Crippen molar-refractivity contribution >= 4 is 81.2 Å². The zero-order valence-electron chi connectivity index (χ0n) is 15.4. The van der Waals surface area contributed by atoms with Crippen LogP contribution in [0.3, 0.4) is 0 Å². The van der Waals surface area contributed by atoms with Crippen LogP contribution in [-0.2, 0) is 4.79 Å². The molecule has 7 nitrogen and oxygen atoms in total. The van der Waals surface area contributed by atoms with Gasteiger partial charge in [0.05, 0.1) is 22.5 Å². The van der Waals surface area contributed by atoms with Gasteiger partial charge in [0, 0.05) is 6.92 Å². The van der Waals surface area contributed by atoms with E-state index in [2.05, 4.69) is 16.0 Å². The van der Waals surface area contributed by atoms with E-state index < -0.39 is 27.7 Å². The summed E-state index contributed by atoms with van der Waals surface area (Å²) in [6.45, 7) is 1.26. The van der Waals surface area contributed by atoms with Crippen molar-refractivity contribution in [3.8, 4) is 0 Å². The summed E-state index contributed by atoms with van der Waals surface area (Å²) in [7, 11) is 0. The SMILES string of the molecule is CC(=O)N[C@@H](NC(=S)Nc1ccccc1N1C(=O)c2ccccc2C1=O)C(Cl)(Cl)Cl. The number of hydrogen-bond acceptors (Lipinski definition) is 4. The smallest absolute Gasteiger partial charge is 0.266 e. The van der Waals surface area contributed by atoms with E-state index in [-0.39, 0.29) is 5.11 Å². The molecule has 0 bridgehead atoms. The number of hydrogen-bond donors (Lipinski definition) is 3. The number of amides is 3. The second-order valence-electron chi connectivity index (χ2n) is 6.28. The highest BCUT2D eigenvalue weighted by Gasteiger charge is 2.38. The Morgan fingerprint density at radius 2 is 1.50 bits per heavy atom.